The molecule has 1 unspecified atom stereocenters. The fourth-order valence-electron chi connectivity index (χ4n) is 2.09. The van der Waals surface area contributed by atoms with E-state index in [2.05, 4.69) is 25.8 Å². The Morgan fingerprint density at radius 1 is 1.28 bits per heavy atom. The van der Waals surface area contributed by atoms with Crippen molar-refractivity contribution in [2.24, 2.45) is 4.99 Å². The highest BCUT2D eigenvalue weighted by molar-refractivity contribution is 5.79. The minimum atomic E-state index is -0.258. The van der Waals surface area contributed by atoms with Crippen LogP contribution in [-0.2, 0) is 17.8 Å². The highest BCUT2D eigenvalue weighted by Gasteiger charge is 2.13. The van der Waals surface area contributed by atoms with Crippen LogP contribution in [0.15, 0.2) is 33.8 Å². The molecule has 0 amide bonds. The molecule has 0 aliphatic heterocycles. The monoisotopic (exact) mass is 349 g/mol. The van der Waals surface area contributed by atoms with Crippen LogP contribution in [0.25, 0.3) is 0 Å². The lowest BCUT2D eigenvalue weighted by molar-refractivity contribution is 0.0683. The number of benzene rings is 1. The van der Waals surface area contributed by atoms with Crippen molar-refractivity contribution in [1.29, 1.82) is 0 Å². The normalized spacial score (nSPS) is 12.9. The molecule has 0 saturated carbocycles. The summed E-state index contributed by atoms with van der Waals surface area (Å²) in [5, 5.41) is 10.2. The van der Waals surface area contributed by atoms with E-state index >= 15 is 0 Å². The number of ether oxygens (including phenoxy) is 1. The van der Waals surface area contributed by atoms with Crippen LogP contribution in [0.5, 0.6) is 0 Å². The van der Waals surface area contributed by atoms with Crippen LogP contribution < -0.4 is 10.6 Å². The predicted octanol–water partition coefficient (Wildman–Crippen LogP) is 2.56. The molecule has 2 N–H and O–H groups in total. The Hall–Kier alpha value is -2.48. The van der Waals surface area contributed by atoms with Crippen LogP contribution in [0, 0.1) is 5.82 Å². The summed E-state index contributed by atoms with van der Waals surface area (Å²) in [6.07, 6.45) is -0.206. The molecule has 25 heavy (non-hydrogen) atoms. The van der Waals surface area contributed by atoms with Crippen molar-refractivity contribution in [3.05, 3.63) is 47.4 Å². The van der Waals surface area contributed by atoms with Crippen molar-refractivity contribution in [2.75, 3.05) is 13.2 Å². The molecule has 136 valence electrons. The number of halogens is 1. The summed E-state index contributed by atoms with van der Waals surface area (Å²) in [4.78, 5) is 8.76. The van der Waals surface area contributed by atoms with Gasteiger partial charge in [-0.1, -0.05) is 17.3 Å². The Balaban J connectivity index is 1.92. The van der Waals surface area contributed by atoms with Crippen molar-refractivity contribution in [1.82, 2.24) is 20.8 Å². The summed E-state index contributed by atoms with van der Waals surface area (Å²) < 4.78 is 23.6. The first-order valence-electron chi connectivity index (χ1n) is 8.33. The van der Waals surface area contributed by atoms with Crippen molar-refractivity contribution in [2.45, 2.75) is 40.0 Å². The number of aliphatic imine (C=N–C) groups is 1. The molecule has 2 aromatic rings. The summed E-state index contributed by atoms with van der Waals surface area (Å²) in [6, 6.07) is 6.26. The third-order valence-corrected chi connectivity index (χ3v) is 3.35. The number of aromatic nitrogens is 2. The molecule has 0 radical (unpaired) electrons. The fraction of sp³-hybridized carbons (Fsp3) is 0.471. The second-order valence-corrected chi connectivity index (χ2v) is 5.32. The van der Waals surface area contributed by atoms with Crippen LogP contribution in [0.3, 0.4) is 0 Å². The number of hydrogen-bond acceptors (Lipinski definition) is 5. The number of nitrogens with zero attached hydrogens (tertiary/aromatic N) is 3. The van der Waals surface area contributed by atoms with Crippen molar-refractivity contribution >= 4 is 5.96 Å². The summed E-state index contributed by atoms with van der Waals surface area (Å²) in [5.41, 5.74) is 0.921. The van der Waals surface area contributed by atoms with Crippen LogP contribution in [0.2, 0.25) is 0 Å². The van der Waals surface area contributed by atoms with E-state index in [-0.39, 0.29) is 11.9 Å². The second-order valence-electron chi connectivity index (χ2n) is 5.32. The quantitative estimate of drug-likeness (QED) is 0.563. The fourth-order valence-corrected chi connectivity index (χ4v) is 2.09. The Kier molecular flexibility index (Phi) is 7.34. The minimum absolute atomic E-state index is 0.206. The van der Waals surface area contributed by atoms with E-state index in [1.807, 2.05) is 20.8 Å². The topological polar surface area (TPSA) is 84.6 Å². The summed E-state index contributed by atoms with van der Waals surface area (Å²) >= 11 is 0. The Morgan fingerprint density at radius 2 is 2.04 bits per heavy atom. The molecule has 0 fully saturated rings. The van der Waals surface area contributed by atoms with E-state index in [4.69, 9.17) is 9.26 Å². The number of hydrogen-bond donors (Lipinski definition) is 2. The van der Waals surface area contributed by atoms with Gasteiger partial charge in [-0.2, -0.15) is 4.98 Å². The van der Waals surface area contributed by atoms with Gasteiger partial charge in [-0.3, -0.25) is 0 Å². The molecule has 0 bridgehead atoms. The first-order valence-corrected chi connectivity index (χ1v) is 8.33. The van der Waals surface area contributed by atoms with Gasteiger partial charge >= 0.3 is 0 Å². The molecule has 0 aliphatic rings. The van der Waals surface area contributed by atoms with Gasteiger partial charge in [0.05, 0.1) is 13.1 Å². The Labute approximate surface area is 146 Å². The van der Waals surface area contributed by atoms with E-state index in [0.717, 1.165) is 5.56 Å². The molecule has 2 rings (SSSR count). The van der Waals surface area contributed by atoms with E-state index < -0.39 is 0 Å². The van der Waals surface area contributed by atoms with Crippen LogP contribution in [0.4, 0.5) is 4.39 Å². The lowest BCUT2D eigenvalue weighted by Gasteiger charge is -2.09. The van der Waals surface area contributed by atoms with Gasteiger partial charge < -0.3 is 19.9 Å². The van der Waals surface area contributed by atoms with Gasteiger partial charge in [0.25, 0.3) is 0 Å². The summed E-state index contributed by atoms with van der Waals surface area (Å²) in [6.45, 7) is 7.85. The zero-order valence-electron chi connectivity index (χ0n) is 14.8. The van der Waals surface area contributed by atoms with Crippen LogP contribution in [0.1, 0.15) is 44.2 Å². The van der Waals surface area contributed by atoms with E-state index in [0.29, 0.717) is 43.9 Å². The third-order valence-electron chi connectivity index (χ3n) is 3.35. The van der Waals surface area contributed by atoms with Gasteiger partial charge in [-0.05, 0) is 38.5 Å². The summed E-state index contributed by atoms with van der Waals surface area (Å²) in [5.74, 6) is 1.33. The predicted molar refractivity (Wildman–Crippen MR) is 92.4 cm³/mol. The molecule has 0 spiro atoms. The van der Waals surface area contributed by atoms with Crippen molar-refractivity contribution in [3.8, 4) is 0 Å². The molecular weight excluding hydrogens is 325 g/mol. The van der Waals surface area contributed by atoms with Crippen LogP contribution >= 0.6 is 0 Å². The maximum atomic E-state index is 12.9. The van der Waals surface area contributed by atoms with Gasteiger partial charge in [0.15, 0.2) is 11.8 Å². The smallest absolute Gasteiger partial charge is 0.246 e. The van der Waals surface area contributed by atoms with Crippen molar-refractivity contribution < 1.29 is 13.7 Å². The largest absolute Gasteiger partial charge is 0.371 e. The molecule has 7 nitrogen and oxygen atoms in total. The molecule has 1 atom stereocenters. The average Bonchev–Trinajstić information content (AvgIpc) is 3.08. The standard InChI is InChI=1S/C17H24FN5O2/c1-4-19-17(20-10-13-6-8-14(18)9-7-13)21-11-15-22-16(23-25-15)12(3)24-5-2/h6-9,12H,4-5,10-11H2,1-3H3,(H2,19,20,21). The van der Waals surface area contributed by atoms with Crippen LogP contribution in [-0.4, -0.2) is 29.3 Å². The lowest BCUT2D eigenvalue weighted by Crippen LogP contribution is -2.36. The molecule has 0 saturated heterocycles. The SMILES string of the molecule is CCNC(=NCc1ccc(F)cc1)NCc1nc(C(C)OCC)no1. The second kappa shape index (κ2) is 9.73. The number of rotatable bonds is 8. The highest BCUT2D eigenvalue weighted by atomic mass is 19.1. The molecule has 8 heteroatoms. The van der Waals surface area contributed by atoms with E-state index in [1.54, 1.807) is 12.1 Å². The minimum Gasteiger partial charge on any atom is -0.371 e. The van der Waals surface area contributed by atoms with Gasteiger partial charge in [0.1, 0.15) is 11.9 Å². The Bertz CT molecular complexity index is 672. The van der Waals surface area contributed by atoms with E-state index in [9.17, 15) is 4.39 Å². The zero-order valence-corrected chi connectivity index (χ0v) is 14.8. The zero-order chi connectivity index (χ0) is 18.1. The lowest BCUT2D eigenvalue weighted by atomic mass is 10.2. The molecule has 1 aromatic heterocycles. The molecular formula is C17H24FN5O2. The van der Waals surface area contributed by atoms with E-state index in [1.165, 1.54) is 12.1 Å². The molecule has 0 aliphatic carbocycles. The highest BCUT2D eigenvalue weighted by Crippen LogP contribution is 2.12. The average molecular weight is 349 g/mol. The first-order chi connectivity index (χ1) is 12.1. The maximum Gasteiger partial charge on any atom is 0.246 e. The van der Waals surface area contributed by atoms with Gasteiger partial charge in [0, 0.05) is 13.2 Å². The maximum absolute atomic E-state index is 12.9. The molecule has 1 aromatic carbocycles. The third kappa shape index (κ3) is 6.15. The van der Waals surface area contributed by atoms with Gasteiger partial charge in [-0.15, -0.1) is 0 Å². The summed E-state index contributed by atoms with van der Waals surface area (Å²) in [7, 11) is 0. The Morgan fingerprint density at radius 3 is 2.72 bits per heavy atom. The van der Waals surface area contributed by atoms with Crippen molar-refractivity contribution in [3.63, 3.8) is 0 Å². The van der Waals surface area contributed by atoms with Gasteiger partial charge in [-0.25, -0.2) is 9.38 Å². The molecule has 1 heterocycles. The number of guanidine groups is 1. The first kappa shape index (κ1) is 18.9. The number of nitrogens with one attached hydrogen (secondary N) is 2. The van der Waals surface area contributed by atoms with Gasteiger partial charge in [0.2, 0.25) is 5.89 Å².